The van der Waals surface area contributed by atoms with Gasteiger partial charge in [0, 0.05) is 76.8 Å². The minimum absolute atomic E-state index is 0.0640. The van der Waals surface area contributed by atoms with Crippen molar-refractivity contribution >= 4 is 112 Å². The number of anilines is 1. The van der Waals surface area contributed by atoms with Crippen LogP contribution in [0.2, 0.25) is 0 Å². The Morgan fingerprint density at radius 2 is 1.66 bits per heavy atom. The number of nitrogens with one attached hydrogen (secondary N) is 5. The van der Waals surface area contributed by atoms with Crippen molar-refractivity contribution < 1.29 is 115 Å². The Labute approximate surface area is 497 Å². The number of fused-ring (bicyclic) bond motifs is 2. The Morgan fingerprint density at radius 3 is 2.35 bits per heavy atom. The molecule has 0 saturated carbocycles. The Bertz CT molecular complexity index is 3690. The number of nitrogens with two attached hydrogens (primary N) is 2. The van der Waals surface area contributed by atoms with Gasteiger partial charge in [-0.1, -0.05) is 57.3 Å². The molecule has 0 aromatic heterocycles. The lowest BCUT2D eigenvalue weighted by molar-refractivity contribution is -0.172. The topological polar surface area (TPSA) is 547 Å². The average molecular weight is 1340 g/mol. The van der Waals surface area contributed by atoms with Gasteiger partial charge in [0.25, 0.3) is 0 Å². The number of ether oxygens (including phenoxy) is 3. The molecule has 2 aromatic rings. The summed E-state index contributed by atoms with van der Waals surface area (Å²) in [7, 11) is -20.0. The molecule has 3 amide bonds. The van der Waals surface area contributed by atoms with Crippen LogP contribution in [0, 0.1) is 23.2 Å². The van der Waals surface area contributed by atoms with Crippen molar-refractivity contribution in [3.8, 4) is 34.3 Å². The summed E-state index contributed by atoms with van der Waals surface area (Å²) in [6.45, 7) is 4.12. The fraction of sp³-hybridized carbons (Fsp3) is 0.356. The van der Waals surface area contributed by atoms with Crippen molar-refractivity contribution in [2.45, 2.75) is 44.0 Å². The number of urea groups is 1. The number of unbranched alkanes of at least 4 members (excludes halogenated alkanes) is 2. The van der Waals surface area contributed by atoms with E-state index < -0.39 is 100 Å². The van der Waals surface area contributed by atoms with E-state index in [0.29, 0.717) is 87.8 Å². The number of carboxylic acid groups (broad SMARTS) is 1. The summed E-state index contributed by atoms with van der Waals surface area (Å²) in [5.74, 6) is 3.86. The van der Waals surface area contributed by atoms with Crippen molar-refractivity contribution in [2.24, 2.45) is 11.0 Å². The molecule has 4 unspecified atom stereocenters. The SMILES string of the molecule is C=C(NCCSSCOCCCCCNC(=O)NCC#CC1=CC([C@H]2CC(OCN=[N+]=[N-])[C@@H](COP(=O)(O)OP(=O)(O)OP(=O)(O)O)O2)C(=O)NC1=N)c1ccc(C(=O)O)c(-c2c3ccc(=[NH2+])cc-3oc3cc(N)ccc23)c1.O=S(=O)=O.O=S(=O)=O. The quantitative estimate of drug-likeness (QED) is 0.00371. The molecular formula is C45H54N10O24P3S4+. The molecule has 0 bridgehead atoms. The summed E-state index contributed by atoms with van der Waals surface area (Å²) in [6, 6.07) is 15.1. The highest BCUT2D eigenvalue weighted by atomic mass is 33.1. The molecule has 6 rings (SSSR count). The average Bonchev–Trinajstić information content (AvgIpc) is 0.907. The van der Waals surface area contributed by atoms with E-state index in [2.05, 4.69) is 62.9 Å². The molecule has 34 nitrogen and oxygen atoms in total. The van der Waals surface area contributed by atoms with Crippen molar-refractivity contribution in [1.82, 2.24) is 21.3 Å². The van der Waals surface area contributed by atoms with E-state index in [-0.39, 0.29) is 29.9 Å². The second-order valence-electron chi connectivity index (χ2n) is 17.2. The predicted octanol–water partition coefficient (Wildman–Crippen LogP) is 2.33. The number of phosphoric ester groups is 1. The number of benzene rings is 3. The molecule has 41 heteroatoms. The minimum atomic E-state index is -5.81. The van der Waals surface area contributed by atoms with E-state index in [9.17, 15) is 43.0 Å². The van der Waals surface area contributed by atoms with Gasteiger partial charge in [-0.05, 0) is 66.3 Å². The highest BCUT2D eigenvalue weighted by Crippen LogP contribution is 2.66. The van der Waals surface area contributed by atoms with Gasteiger partial charge in [0.2, 0.25) is 5.91 Å². The first-order valence-electron chi connectivity index (χ1n) is 24.2. The first kappa shape index (κ1) is 71.7. The minimum Gasteiger partial charge on any atom is -0.478 e. The maximum Gasteiger partial charge on any atom is 0.490 e. The molecule has 6 atom stereocenters. The number of carbonyl (C=O) groups is 3. The molecule has 3 aliphatic heterocycles. The smallest absolute Gasteiger partial charge is 0.478 e. The molecule has 466 valence electrons. The van der Waals surface area contributed by atoms with Gasteiger partial charge in [0.1, 0.15) is 36.0 Å². The third kappa shape index (κ3) is 24.9. The number of amidine groups is 1. The van der Waals surface area contributed by atoms with Gasteiger partial charge in [0.05, 0.1) is 48.5 Å². The van der Waals surface area contributed by atoms with Gasteiger partial charge in [-0.2, -0.15) is 8.62 Å². The summed E-state index contributed by atoms with van der Waals surface area (Å²) in [6.07, 6.45) is 0.0286. The Morgan fingerprint density at radius 1 is 0.942 bits per heavy atom. The van der Waals surface area contributed by atoms with E-state index in [0.717, 1.165) is 18.6 Å². The van der Waals surface area contributed by atoms with Crippen molar-refractivity contribution in [3.63, 3.8) is 0 Å². The zero-order valence-electron chi connectivity index (χ0n) is 44.2. The van der Waals surface area contributed by atoms with Crippen LogP contribution in [0.4, 0.5) is 10.5 Å². The molecule has 2 aromatic carbocycles. The number of rotatable bonds is 28. The number of nitrogens with zero attached hydrogens (tertiary/aromatic N) is 3. The number of hydrogen-bond donors (Lipinski definition) is 12. The third-order valence-electron chi connectivity index (χ3n) is 11.2. The lowest BCUT2D eigenvalue weighted by atomic mass is 9.89. The van der Waals surface area contributed by atoms with Gasteiger partial charge < -0.3 is 70.3 Å². The number of phosphoric acid groups is 3. The van der Waals surface area contributed by atoms with Gasteiger partial charge in [0.15, 0.2) is 5.36 Å². The number of carbonyl (C=O) groups excluding carboxylic acids is 2. The van der Waals surface area contributed by atoms with Crippen LogP contribution in [0.1, 0.15) is 41.6 Å². The van der Waals surface area contributed by atoms with Crippen molar-refractivity contribution in [3.05, 3.63) is 99.8 Å². The molecule has 1 fully saturated rings. The Balaban J connectivity index is 0.00000186. The molecule has 86 heavy (non-hydrogen) atoms. The highest BCUT2D eigenvalue weighted by Gasteiger charge is 2.46. The second-order valence-corrected chi connectivity index (χ2v) is 24.9. The lowest BCUT2D eigenvalue weighted by Crippen LogP contribution is -2.44. The monoisotopic (exact) mass is 1340 g/mol. The molecule has 14 N–H and O–H groups in total. The fourth-order valence-corrected chi connectivity index (χ4v) is 12.4. The Kier molecular flexibility index (Phi) is 28.8. The fourth-order valence-electron chi connectivity index (χ4n) is 7.82. The molecule has 0 radical (unpaired) electrons. The van der Waals surface area contributed by atoms with Gasteiger partial charge >= 0.3 is 56.7 Å². The van der Waals surface area contributed by atoms with Crippen LogP contribution in [0.25, 0.3) is 49.6 Å². The third-order valence-corrected chi connectivity index (χ3v) is 17.1. The molecule has 0 spiro atoms. The zero-order valence-corrected chi connectivity index (χ0v) is 50.2. The maximum atomic E-state index is 12.9. The van der Waals surface area contributed by atoms with Gasteiger partial charge in [-0.25, -0.2) is 23.3 Å². The van der Waals surface area contributed by atoms with Crippen LogP contribution in [0.15, 0.2) is 82.4 Å². The number of nitrogen functional groups attached to an aromatic ring is 1. The van der Waals surface area contributed by atoms with Crippen LogP contribution >= 0.6 is 45.1 Å². The molecule has 3 heterocycles. The predicted molar refractivity (Wildman–Crippen MR) is 304 cm³/mol. The molecular weight excluding hydrogens is 1290 g/mol. The standard InChI is InChI=1S/C45H53N10O18P3S2.2O3S/c1-26(27-7-10-31(44(57)58)34(18-27)41-32-11-8-29(46)20-36(32)70-37-21-30(47)9-12-33(37)41)50-15-17-77-78-25-67-16-4-2-3-13-51-45(59)52-14-5-6-28-19-35(43(56)54-42(28)48)38-22-39(68-24-53-55-49)40(71-38)23-69-75(63,64)73-76(65,66)72-74(60,61)62;2*1-4(2)3/h7-12,18-21,35,38-40,46,50H,1-4,13-17,22-25,47H2,(H,57,58)(H,63,64)(H,65,66)(H2,48,54,56)(H2,51,52,59)(H2,60,61,62);;/p+1/t35?,38-,39?,40-;;/m1../s1. The van der Waals surface area contributed by atoms with Gasteiger partial charge in [-0.3, -0.25) is 20.1 Å². The van der Waals surface area contributed by atoms with E-state index >= 15 is 0 Å². The van der Waals surface area contributed by atoms with Gasteiger partial charge in [-0.15, -0.1) is 25.3 Å². The van der Waals surface area contributed by atoms with Crippen LogP contribution < -0.4 is 37.8 Å². The number of carboxylic acids is 1. The summed E-state index contributed by atoms with van der Waals surface area (Å²) >= 11 is 0. The highest BCUT2D eigenvalue weighted by molar-refractivity contribution is 8.76. The summed E-state index contributed by atoms with van der Waals surface area (Å²) in [4.78, 5) is 77.2. The van der Waals surface area contributed by atoms with E-state index in [4.69, 9.17) is 75.8 Å². The largest absolute Gasteiger partial charge is 0.490 e. The number of aromatic carboxylic acids is 1. The van der Waals surface area contributed by atoms with E-state index in [1.54, 1.807) is 64.1 Å². The lowest BCUT2D eigenvalue weighted by Gasteiger charge is -2.25. The summed E-state index contributed by atoms with van der Waals surface area (Å²) in [5, 5.41) is 39.9. The number of amides is 3. The van der Waals surface area contributed by atoms with E-state index in [1.807, 2.05) is 12.1 Å². The molecule has 4 aliphatic rings. The summed E-state index contributed by atoms with van der Waals surface area (Å²) in [5.41, 5.74) is 19.0. The van der Waals surface area contributed by atoms with E-state index in [1.165, 1.54) is 6.08 Å². The Hall–Kier alpha value is -6.81. The van der Waals surface area contributed by atoms with Crippen LogP contribution in [-0.2, 0) is 67.1 Å². The number of azide groups is 1. The first-order chi connectivity index (χ1) is 40.5. The second kappa shape index (κ2) is 34.5. The van der Waals surface area contributed by atoms with Crippen molar-refractivity contribution in [2.75, 3.05) is 57.0 Å². The van der Waals surface area contributed by atoms with Crippen LogP contribution in [-0.4, -0.2) is 143 Å². The van der Waals surface area contributed by atoms with Crippen molar-refractivity contribution in [1.29, 1.82) is 5.41 Å². The maximum absolute atomic E-state index is 12.9. The van der Waals surface area contributed by atoms with Crippen LogP contribution in [0.5, 0.6) is 0 Å². The molecule has 1 aliphatic carbocycles. The summed E-state index contributed by atoms with van der Waals surface area (Å²) < 4.78 is 121. The first-order valence-corrected chi connectivity index (χ1v) is 33.2. The molecule has 1 saturated heterocycles. The number of hydrogen-bond acceptors (Lipinski definition) is 25. The zero-order chi connectivity index (χ0) is 63.8. The normalized spacial score (nSPS) is 17.7. The van der Waals surface area contributed by atoms with Crippen LogP contribution in [0.3, 0.4) is 0 Å².